The van der Waals surface area contributed by atoms with Crippen molar-refractivity contribution in [1.29, 1.82) is 0 Å². The van der Waals surface area contributed by atoms with Crippen molar-refractivity contribution in [3.63, 3.8) is 0 Å². The van der Waals surface area contributed by atoms with Crippen LogP contribution < -0.4 is 14.2 Å². The zero-order chi connectivity index (χ0) is 15.7. The highest BCUT2D eigenvalue weighted by molar-refractivity contribution is 5.95. The lowest BCUT2D eigenvalue weighted by Crippen LogP contribution is -2.20. The van der Waals surface area contributed by atoms with Crippen LogP contribution >= 0.6 is 0 Å². The number of esters is 1. The second-order valence-electron chi connectivity index (χ2n) is 4.57. The number of hydrogen-bond donors (Lipinski definition) is 2. The van der Waals surface area contributed by atoms with Crippen LogP contribution in [0.5, 0.6) is 28.7 Å². The first kappa shape index (κ1) is 13.8. The minimum absolute atomic E-state index is 0.0531. The molecule has 0 unspecified atom stereocenters. The number of carbonyl (C=O) groups excluding carboxylic acids is 1. The Morgan fingerprint density at radius 3 is 2.50 bits per heavy atom. The predicted octanol–water partition coefficient (Wildman–Crippen LogP) is 2.45. The third-order valence-electron chi connectivity index (χ3n) is 3.05. The van der Waals surface area contributed by atoms with Crippen molar-refractivity contribution in [1.82, 2.24) is 0 Å². The normalized spacial score (nSPS) is 15.0. The molecule has 0 aromatic heterocycles. The van der Waals surface area contributed by atoms with E-state index in [2.05, 4.69) is 0 Å². The summed E-state index contributed by atoms with van der Waals surface area (Å²) in [5, 5.41) is 19.1. The van der Waals surface area contributed by atoms with Gasteiger partial charge in [-0.05, 0) is 23.8 Å². The highest BCUT2D eigenvalue weighted by Crippen LogP contribution is 2.43. The first-order chi connectivity index (χ1) is 10.6. The molecule has 2 aromatic rings. The van der Waals surface area contributed by atoms with Gasteiger partial charge in [0.05, 0.1) is 7.11 Å². The number of phenolic OH excluding ortho intramolecular Hbond substituents is 2. The van der Waals surface area contributed by atoms with E-state index in [1.54, 1.807) is 31.4 Å². The van der Waals surface area contributed by atoms with Crippen molar-refractivity contribution in [2.45, 2.75) is 0 Å². The van der Waals surface area contributed by atoms with E-state index in [1.807, 2.05) is 0 Å². The van der Waals surface area contributed by atoms with Crippen molar-refractivity contribution in [3.05, 3.63) is 47.7 Å². The molecule has 1 aliphatic rings. The third kappa shape index (κ3) is 2.54. The monoisotopic (exact) mass is 300 g/mol. The molecule has 1 heterocycles. The fraction of sp³-hybridized carbons (Fsp3) is 0.0625. The standard InChI is InChI=1S/C16H12O6/c1-20-11-4-2-9(3-5-11)6-14-16(19)22-15-12(18)7-10(17)8-13(15)21-14/h2-8,17-18H,1H3/b14-6-. The van der Waals surface area contributed by atoms with E-state index in [9.17, 15) is 15.0 Å². The average molecular weight is 300 g/mol. The zero-order valence-corrected chi connectivity index (χ0v) is 11.6. The molecule has 2 aromatic carbocycles. The molecule has 0 spiro atoms. The largest absolute Gasteiger partial charge is 0.508 e. The molecular weight excluding hydrogens is 288 g/mol. The zero-order valence-electron chi connectivity index (χ0n) is 11.6. The fourth-order valence-electron chi connectivity index (χ4n) is 1.99. The molecule has 0 radical (unpaired) electrons. The molecule has 3 rings (SSSR count). The van der Waals surface area contributed by atoms with Crippen molar-refractivity contribution in [2.24, 2.45) is 0 Å². The first-order valence-corrected chi connectivity index (χ1v) is 6.38. The maximum absolute atomic E-state index is 11.9. The van der Waals surface area contributed by atoms with E-state index in [4.69, 9.17) is 14.2 Å². The minimum Gasteiger partial charge on any atom is -0.508 e. The number of carbonyl (C=O) groups is 1. The summed E-state index contributed by atoms with van der Waals surface area (Å²) in [6.07, 6.45) is 1.49. The molecule has 0 atom stereocenters. The Labute approximate surface area is 125 Å². The number of fused-ring (bicyclic) bond motifs is 1. The van der Waals surface area contributed by atoms with Gasteiger partial charge in [-0.15, -0.1) is 0 Å². The molecule has 0 aliphatic carbocycles. The molecular formula is C16H12O6. The van der Waals surface area contributed by atoms with E-state index >= 15 is 0 Å². The Hall–Kier alpha value is -3.15. The highest BCUT2D eigenvalue weighted by Gasteiger charge is 2.27. The summed E-state index contributed by atoms with van der Waals surface area (Å²) in [6.45, 7) is 0. The van der Waals surface area contributed by atoms with E-state index < -0.39 is 5.97 Å². The van der Waals surface area contributed by atoms with Gasteiger partial charge in [0.25, 0.3) is 0 Å². The topological polar surface area (TPSA) is 85.2 Å². The minimum atomic E-state index is -0.732. The third-order valence-corrected chi connectivity index (χ3v) is 3.05. The van der Waals surface area contributed by atoms with Gasteiger partial charge in [0.1, 0.15) is 11.5 Å². The molecule has 22 heavy (non-hydrogen) atoms. The summed E-state index contributed by atoms with van der Waals surface area (Å²) in [6, 6.07) is 9.30. The van der Waals surface area contributed by atoms with Gasteiger partial charge in [0, 0.05) is 12.1 Å². The maximum atomic E-state index is 11.9. The second kappa shape index (κ2) is 5.33. The number of ether oxygens (including phenoxy) is 3. The van der Waals surface area contributed by atoms with E-state index in [0.29, 0.717) is 11.3 Å². The van der Waals surface area contributed by atoms with Gasteiger partial charge in [-0.2, -0.15) is 0 Å². The molecule has 6 heteroatoms. The van der Waals surface area contributed by atoms with E-state index in [0.717, 1.165) is 6.07 Å². The highest BCUT2D eigenvalue weighted by atomic mass is 16.6. The summed E-state index contributed by atoms with van der Waals surface area (Å²) in [7, 11) is 1.56. The lowest BCUT2D eigenvalue weighted by molar-refractivity contribution is -0.134. The second-order valence-corrected chi connectivity index (χ2v) is 4.57. The first-order valence-electron chi connectivity index (χ1n) is 6.38. The molecule has 1 aliphatic heterocycles. The number of hydrogen-bond acceptors (Lipinski definition) is 6. The Morgan fingerprint density at radius 2 is 1.82 bits per heavy atom. The fourth-order valence-corrected chi connectivity index (χ4v) is 1.99. The van der Waals surface area contributed by atoms with Crippen LogP contribution in [-0.4, -0.2) is 23.3 Å². The molecule has 0 amide bonds. The Bertz CT molecular complexity index is 761. The Kier molecular flexibility index (Phi) is 3.34. The average Bonchev–Trinajstić information content (AvgIpc) is 2.50. The van der Waals surface area contributed by atoms with Gasteiger partial charge in [-0.25, -0.2) is 4.79 Å². The summed E-state index contributed by atoms with van der Waals surface area (Å²) in [4.78, 5) is 11.9. The SMILES string of the molecule is COc1ccc(/C=C2\Oc3cc(O)cc(O)c3OC2=O)cc1. The Morgan fingerprint density at radius 1 is 1.09 bits per heavy atom. The molecule has 2 N–H and O–H groups in total. The lowest BCUT2D eigenvalue weighted by Gasteiger charge is -2.19. The van der Waals surface area contributed by atoms with Crippen LogP contribution in [0, 0.1) is 0 Å². The van der Waals surface area contributed by atoms with Gasteiger partial charge in [0.2, 0.25) is 11.5 Å². The number of benzene rings is 2. The molecule has 0 saturated carbocycles. The predicted molar refractivity (Wildman–Crippen MR) is 77.0 cm³/mol. The van der Waals surface area contributed by atoms with Crippen LogP contribution in [0.1, 0.15) is 5.56 Å². The van der Waals surface area contributed by atoms with Crippen LogP contribution in [-0.2, 0) is 4.79 Å². The van der Waals surface area contributed by atoms with Gasteiger partial charge in [-0.1, -0.05) is 12.1 Å². The maximum Gasteiger partial charge on any atom is 0.379 e. The van der Waals surface area contributed by atoms with E-state index in [-0.39, 0.29) is 28.8 Å². The van der Waals surface area contributed by atoms with Crippen molar-refractivity contribution >= 4 is 12.0 Å². The molecule has 0 bridgehead atoms. The summed E-state index contributed by atoms with van der Waals surface area (Å²) >= 11 is 0. The number of phenols is 2. The van der Waals surface area contributed by atoms with Crippen LogP contribution in [0.2, 0.25) is 0 Å². The van der Waals surface area contributed by atoms with Crippen molar-refractivity contribution in [2.75, 3.05) is 7.11 Å². The summed E-state index contributed by atoms with van der Waals surface area (Å²) in [5.74, 6) is -0.710. The van der Waals surface area contributed by atoms with Crippen molar-refractivity contribution in [3.8, 4) is 28.7 Å². The quantitative estimate of drug-likeness (QED) is 0.503. The smallest absolute Gasteiger partial charge is 0.379 e. The van der Waals surface area contributed by atoms with Crippen molar-refractivity contribution < 1.29 is 29.2 Å². The lowest BCUT2D eigenvalue weighted by atomic mass is 10.2. The molecule has 0 fully saturated rings. The van der Waals surface area contributed by atoms with E-state index in [1.165, 1.54) is 12.1 Å². The van der Waals surface area contributed by atoms with Crippen LogP contribution in [0.3, 0.4) is 0 Å². The van der Waals surface area contributed by atoms with Gasteiger partial charge < -0.3 is 24.4 Å². The number of rotatable bonds is 2. The number of methoxy groups -OCH3 is 1. The number of aromatic hydroxyl groups is 2. The van der Waals surface area contributed by atoms with Gasteiger partial charge >= 0.3 is 5.97 Å². The molecule has 112 valence electrons. The molecule has 6 nitrogen and oxygen atoms in total. The van der Waals surface area contributed by atoms with Crippen LogP contribution in [0.25, 0.3) is 6.08 Å². The van der Waals surface area contributed by atoms with Gasteiger partial charge in [0.15, 0.2) is 11.5 Å². The Balaban J connectivity index is 1.94. The van der Waals surface area contributed by atoms with Crippen LogP contribution in [0.4, 0.5) is 0 Å². The summed E-state index contributed by atoms with van der Waals surface area (Å²) in [5.41, 5.74) is 0.709. The summed E-state index contributed by atoms with van der Waals surface area (Å²) < 4.78 is 15.5. The van der Waals surface area contributed by atoms with Gasteiger partial charge in [-0.3, -0.25) is 0 Å². The molecule has 0 saturated heterocycles. The van der Waals surface area contributed by atoms with Crippen LogP contribution in [0.15, 0.2) is 42.2 Å².